The number of amides is 1. The lowest BCUT2D eigenvalue weighted by atomic mass is 10.1. The maximum atomic E-state index is 12.1. The first-order chi connectivity index (χ1) is 9.08. The molecular weight excluding hydrogens is 324 g/mol. The molecule has 0 bridgehead atoms. The van der Waals surface area contributed by atoms with Crippen LogP contribution in [0, 0.1) is 0 Å². The highest BCUT2D eigenvalue weighted by Gasteiger charge is 2.18. The summed E-state index contributed by atoms with van der Waals surface area (Å²) < 4.78 is 1.02. The minimum atomic E-state index is -0.599. The summed E-state index contributed by atoms with van der Waals surface area (Å²) in [7, 11) is 0. The van der Waals surface area contributed by atoms with Crippen molar-refractivity contribution in [1.29, 1.82) is 0 Å². The van der Waals surface area contributed by atoms with Crippen molar-refractivity contribution in [2.24, 2.45) is 5.73 Å². The number of thiophene rings is 1. The third-order valence-corrected chi connectivity index (χ3v) is 4.35. The van der Waals surface area contributed by atoms with E-state index in [1.54, 1.807) is 0 Å². The first kappa shape index (κ1) is 14.2. The van der Waals surface area contributed by atoms with Gasteiger partial charge >= 0.3 is 0 Å². The molecule has 1 heterocycles. The minimum Gasteiger partial charge on any atom is -0.348 e. The lowest BCUT2D eigenvalue weighted by Gasteiger charge is -2.17. The van der Waals surface area contributed by atoms with E-state index in [2.05, 4.69) is 21.2 Å². The molecule has 1 unspecified atom stereocenters. The lowest BCUT2D eigenvalue weighted by molar-refractivity contribution is -0.123. The average molecular weight is 339 g/mol. The lowest BCUT2D eigenvalue weighted by Crippen LogP contribution is -2.35. The summed E-state index contributed by atoms with van der Waals surface area (Å²) in [6.45, 7) is 1.95. The van der Waals surface area contributed by atoms with E-state index < -0.39 is 6.04 Å². The highest BCUT2D eigenvalue weighted by atomic mass is 79.9. The highest BCUT2D eigenvalue weighted by Crippen LogP contribution is 2.20. The van der Waals surface area contributed by atoms with Crippen molar-refractivity contribution >= 4 is 33.2 Å². The van der Waals surface area contributed by atoms with Gasteiger partial charge in [-0.3, -0.25) is 4.79 Å². The van der Waals surface area contributed by atoms with Gasteiger partial charge < -0.3 is 11.1 Å². The summed E-state index contributed by atoms with van der Waals surface area (Å²) in [6.07, 6.45) is 0. The fourth-order valence-electron chi connectivity index (χ4n) is 1.74. The molecule has 3 N–H and O–H groups in total. The van der Waals surface area contributed by atoms with Gasteiger partial charge in [0.15, 0.2) is 0 Å². The van der Waals surface area contributed by atoms with E-state index in [0.717, 1.165) is 14.9 Å². The second kappa shape index (κ2) is 6.32. The van der Waals surface area contributed by atoms with Crippen LogP contribution in [-0.4, -0.2) is 5.91 Å². The Hall–Kier alpha value is -1.17. The van der Waals surface area contributed by atoms with E-state index >= 15 is 0 Å². The summed E-state index contributed by atoms with van der Waals surface area (Å²) in [5.74, 6) is -0.155. The number of nitrogens with one attached hydrogen (secondary N) is 1. The number of halogens is 1. The molecule has 1 amide bonds. The number of carbonyl (C=O) groups excluding carboxylic acids is 1. The SMILES string of the molecule is C[C@@H](NC(=O)C(N)c1cccs1)c1ccc(Br)cc1. The van der Waals surface area contributed by atoms with Gasteiger partial charge in [-0.05, 0) is 36.1 Å². The number of carbonyl (C=O) groups is 1. The van der Waals surface area contributed by atoms with E-state index in [4.69, 9.17) is 5.73 Å². The summed E-state index contributed by atoms with van der Waals surface area (Å²) in [5.41, 5.74) is 6.98. The Kier molecular flexibility index (Phi) is 4.74. The molecule has 100 valence electrons. The molecule has 0 aliphatic rings. The Balaban J connectivity index is 2.00. The maximum absolute atomic E-state index is 12.1. The zero-order chi connectivity index (χ0) is 13.8. The standard InChI is InChI=1S/C14H15BrN2OS/c1-9(10-4-6-11(15)7-5-10)17-14(18)13(16)12-3-2-8-19-12/h2-9,13H,16H2,1H3,(H,17,18)/t9-,13?/m1/s1. The third-order valence-electron chi connectivity index (χ3n) is 2.86. The number of benzene rings is 1. The Morgan fingerprint density at radius 3 is 2.58 bits per heavy atom. The van der Waals surface area contributed by atoms with Crippen LogP contribution in [0.25, 0.3) is 0 Å². The van der Waals surface area contributed by atoms with Crippen LogP contribution < -0.4 is 11.1 Å². The Bertz CT molecular complexity index is 539. The summed E-state index contributed by atoms with van der Waals surface area (Å²) >= 11 is 4.88. The van der Waals surface area contributed by atoms with E-state index in [9.17, 15) is 4.79 Å². The Morgan fingerprint density at radius 1 is 1.32 bits per heavy atom. The van der Waals surface area contributed by atoms with Crippen molar-refractivity contribution in [2.75, 3.05) is 0 Å². The predicted octanol–water partition coefficient (Wildman–Crippen LogP) is 3.39. The molecule has 2 rings (SSSR count). The van der Waals surface area contributed by atoms with Crippen LogP contribution in [0.5, 0.6) is 0 Å². The van der Waals surface area contributed by atoms with Crippen LogP contribution in [0.1, 0.15) is 29.4 Å². The number of rotatable bonds is 4. The van der Waals surface area contributed by atoms with Gasteiger partial charge in [0.05, 0.1) is 6.04 Å². The molecule has 1 aromatic heterocycles. The number of nitrogens with two attached hydrogens (primary N) is 1. The quantitative estimate of drug-likeness (QED) is 0.897. The molecular formula is C14H15BrN2OS. The summed E-state index contributed by atoms with van der Waals surface area (Å²) in [4.78, 5) is 12.9. The molecule has 3 nitrogen and oxygen atoms in total. The zero-order valence-corrected chi connectivity index (χ0v) is 12.9. The number of hydrogen-bond acceptors (Lipinski definition) is 3. The molecule has 0 saturated carbocycles. The topological polar surface area (TPSA) is 55.1 Å². The predicted molar refractivity (Wildman–Crippen MR) is 81.9 cm³/mol. The largest absolute Gasteiger partial charge is 0.348 e. The second-order valence-electron chi connectivity index (χ2n) is 4.27. The van der Waals surface area contributed by atoms with E-state index in [0.29, 0.717) is 0 Å². The van der Waals surface area contributed by atoms with Gasteiger partial charge in [0, 0.05) is 9.35 Å². The van der Waals surface area contributed by atoms with E-state index in [1.807, 2.05) is 48.7 Å². The molecule has 0 aliphatic heterocycles. The zero-order valence-electron chi connectivity index (χ0n) is 10.5. The van der Waals surface area contributed by atoms with Gasteiger partial charge in [0.25, 0.3) is 0 Å². The average Bonchev–Trinajstić information content (AvgIpc) is 2.92. The third kappa shape index (κ3) is 3.65. The van der Waals surface area contributed by atoms with Gasteiger partial charge in [0.1, 0.15) is 6.04 Å². The second-order valence-corrected chi connectivity index (χ2v) is 6.17. The monoisotopic (exact) mass is 338 g/mol. The van der Waals surface area contributed by atoms with Crippen molar-refractivity contribution in [3.8, 4) is 0 Å². The summed E-state index contributed by atoms with van der Waals surface area (Å²) in [5, 5.41) is 4.85. The van der Waals surface area contributed by atoms with Crippen molar-refractivity contribution in [2.45, 2.75) is 19.0 Å². The van der Waals surface area contributed by atoms with Gasteiger partial charge in [-0.15, -0.1) is 11.3 Å². The summed E-state index contributed by atoms with van der Waals surface area (Å²) in [6, 6.07) is 11.0. The van der Waals surface area contributed by atoms with Gasteiger partial charge in [-0.2, -0.15) is 0 Å². The molecule has 19 heavy (non-hydrogen) atoms. The molecule has 5 heteroatoms. The Labute approximate surface area is 125 Å². The van der Waals surface area contributed by atoms with Crippen molar-refractivity contribution in [1.82, 2.24) is 5.32 Å². The fraction of sp³-hybridized carbons (Fsp3) is 0.214. The normalized spacial score (nSPS) is 13.8. The van der Waals surface area contributed by atoms with Gasteiger partial charge in [0.2, 0.25) is 5.91 Å². The van der Waals surface area contributed by atoms with Crippen molar-refractivity contribution in [3.63, 3.8) is 0 Å². The molecule has 2 aromatic rings. The van der Waals surface area contributed by atoms with Gasteiger partial charge in [-0.25, -0.2) is 0 Å². The minimum absolute atomic E-state index is 0.0633. The fourth-order valence-corrected chi connectivity index (χ4v) is 2.72. The van der Waals surface area contributed by atoms with E-state index in [1.165, 1.54) is 11.3 Å². The molecule has 2 atom stereocenters. The molecule has 0 spiro atoms. The van der Waals surface area contributed by atoms with Gasteiger partial charge in [-0.1, -0.05) is 34.1 Å². The maximum Gasteiger partial charge on any atom is 0.242 e. The first-order valence-corrected chi connectivity index (χ1v) is 7.60. The van der Waals surface area contributed by atoms with Crippen LogP contribution in [0.3, 0.4) is 0 Å². The van der Waals surface area contributed by atoms with Crippen LogP contribution in [0.15, 0.2) is 46.3 Å². The molecule has 0 saturated heterocycles. The smallest absolute Gasteiger partial charge is 0.242 e. The molecule has 1 aromatic carbocycles. The molecule has 0 aliphatic carbocycles. The number of hydrogen-bond donors (Lipinski definition) is 2. The first-order valence-electron chi connectivity index (χ1n) is 5.93. The van der Waals surface area contributed by atoms with Crippen molar-refractivity contribution in [3.05, 3.63) is 56.7 Å². The van der Waals surface area contributed by atoms with Crippen molar-refractivity contribution < 1.29 is 4.79 Å². The Morgan fingerprint density at radius 2 is 2.00 bits per heavy atom. The highest BCUT2D eigenvalue weighted by molar-refractivity contribution is 9.10. The molecule has 0 radical (unpaired) electrons. The van der Waals surface area contributed by atoms with E-state index in [-0.39, 0.29) is 11.9 Å². The van der Waals surface area contributed by atoms with Crippen LogP contribution >= 0.6 is 27.3 Å². The molecule has 0 fully saturated rings. The van der Waals surface area contributed by atoms with Crippen LogP contribution in [0.4, 0.5) is 0 Å². The van der Waals surface area contributed by atoms with Crippen LogP contribution in [-0.2, 0) is 4.79 Å². The van der Waals surface area contributed by atoms with Crippen LogP contribution in [0.2, 0.25) is 0 Å².